The Hall–Kier alpha value is -4.93. The van der Waals surface area contributed by atoms with Crippen LogP contribution >= 0.6 is 0 Å². The molecule has 1 aromatic carbocycles. The summed E-state index contributed by atoms with van der Waals surface area (Å²) in [6.45, 7) is 0. The van der Waals surface area contributed by atoms with Gasteiger partial charge in [0.15, 0.2) is 5.65 Å². The van der Waals surface area contributed by atoms with Gasteiger partial charge in [0.2, 0.25) is 5.91 Å². The highest BCUT2D eigenvalue weighted by Crippen LogP contribution is 2.43. The number of pyridine rings is 2. The number of esters is 1. The van der Waals surface area contributed by atoms with Crippen LogP contribution < -0.4 is 11.5 Å². The predicted molar refractivity (Wildman–Crippen MR) is 145 cm³/mol. The summed E-state index contributed by atoms with van der Waals surface area (Å²) in [6, 6.07) is 15.5. The number of carbonyl (C=O) groups is 2. The van der Waals surface area contributed by atoms with Gasteiger partial charge in [-0.2, -0.15) is 5.10 Å². The summed E-state index contributed by atoms with van der Waals surface area (Å²) in [6.07, 6.45) is 4.64. The van der Waals surface area contributed by atoms with Gasteiger partial charge < -0.3 is 16.2 Å². The van der Waals surface area contributed by atoms with Crippen molar-refractivity contribution < 1.29 is 14.3 Å². The number of benzene rings is 1. The first-order valence-electron chi connectivity index (χ1n) is 12.6. The largest absolute Gasteiger partial charge is 0.468 e. The van der Waals surface area contributed by atoms with Gasteiger partial charge in [-0.05, 0) is 49.9 Å². The summed E-state index contributed by atoms with van der Waals surface area (Å²) in [5, 5.41) is 6.56. The monoisotopic (exact) mass is 522 g/mol. The normalized spacial score (nSPS) is 19.3. The molecular weight excluding hydrogens is 496 g/mol. The minimum absolute atomic E-state index is 0.123. The van der Waals surface area contributed by atoms with Crippen LogP contribution in [-0.2, 0) is 14.3 Å². The molecule has 0 radical (unpaired) electrons. The van der Waals surface area contributed by atoms with Crippen LogP contribution in [0.2, 0.25) is 0 Å². The zero-order chi connectivity index (χ0) is 27.1. The van der Waals surface area contributed by atoms with Gasteiger partial charge in [-0.25, -0.2) is 19.6 Å². The molecule has 1 saturated carbocycles. The third-order valence-corrected chi connectivity index (χ3v) is 7.61. The average molecular weight is 523 g/mol. The number of nitrogen functional groups attached to an aromatic ring is 1. The Kier molecular flexibility index (Phi) is 5.90. The smallest absolute Gasteiger partial charge is 0.321 e. The van der Waals surface area contributed by atoms with Gasteiger partial charge in [0.05, 0.1) is 35.4 Å². The van der Waals surface area contributed by atoms with Crippen LogP contribution in [0, 0.1) is 5.41 Å². The lowest BCUT2D eigenvalue weighted by molar-refractivity contribution is -0.160. The second-order valence-corrected chi connectivity index (χ2v) is 9.74. The lowest BCUT2D eigenvalue weighted by Crippen LogP contribution is -2.47. The van der Waals surface area contributed by atoms with Crippen LogP contribution in [0.4, 0.5) is 5.82 Å². The molecule has 6 rings (SSSR count). The number of rotatable bonds is 5. The predicted octanol–water partition coefficient (Wildman–Crippen LogP) is 3.45. The Bertz CT molecular complexity index is 1730. The number of methoxy groups -OCH3 is 1. The summed E-state index contributed by atoms with van der Waals surface area (Å²) in [5.41, 5.74) is 15.0. The SMILES string of the molecule is COC(=O)C1(C(N)=O)CCC(n2nc(-c3ccc4ccc(-c5ccccn5)nc4c3)c3c(N)ncnc32)CC1. The van der Waals surface area contributed by atoms with Crippen molar-refractivity contribution in [2.45, 2.75) is 31.7 Å². The Morgan fingerprint density at radius 1 is 1.03 bits per heavy atom. The molecule has 4 aromatic heterocycles. The average Bonchev–Trinajstić information content (AvgIpc) is 3.37. The summed E-state index contributed by atoms with van der Waals surface area (Å²) in [7, 11) is 1.27. The highest BCUT2D eigenvalue weighted by molar-refractivity contribution is 6.02. The van der Waals surface area contributed by atoms with Crippen LogP contribution in [0.25, 0.3) is 44.6 Å². The number of hydrogen-bond acceptors (Lipinski definition) is 9. The third kappa shape index (κ3) is 4.02. The summed E-state index contributed by atoms with van der Waals surface area (Å²) in [4.78, 5) is 42.7. The van der Waals surface area contributed by atoms with Crippen LogP contribution in [-0.4, -0.2) is 48.7 Å². The molecule has 0 spiro atoms. The molecule has 1 fully saturated rings. The first-order chi connectivity index (χ1) is 18.9. The number of nitrogens with two attached hydrogens (primary N) is 2. The summed E-state index contributed by atoms with van der Waals surface area (Å²) >= 11 is 0. The zero-order valence-electron chi connectivity index (χ0n) is 21.2. The molecule has 0 unspecified atom stereocenters. The Morgan fingerprint density at radius 3 is 2.54 bits per heavy atom. The number of amides is 1. The first kappa shape index (κ1) is 24.4. The molecule has 196 valence electrons. The van der Waals surface area contributed by atoms with Crippen molar-refractivity contribution in [1.29, 1.82) is 0 Å². The quantitative estimate of drug-likeness (QED) is 0.260. The van der Waals surface area contributed by atoms with E-state index in [2.05, 4.69) is 15.0 Å². The lowest BCUT2D eigenvalue weighted by atomic mass is 9.72. The Balaban J connectivity index is 1.41. The van der Waals surface area contributed by atoms with E-state index in [1.807, 2.05) is 53.2 Å². The van der Waals surface area contributed by atoms with E-state index in [0.717, 1.165) is 27.9 Å². The zero-order valence-corrected chi connectivity index (χ0v) is 21.2. The minimum Gasteiger partial charge on any atom is -0.468 e. The van der Waals surface area contributed by atoms with E-state index in [9.17, 15) is 9.59 Å². The van der Waals surface area contributed by atoms with Crippen LogP contribution in [0.15, 0.2) is 61.1 Å². The fraction of sp³-hybridized carbons (Fsp3) is 0.250. The molecule has 1 aliphatic carbocycles. The van der Waals surface area contributed by atoms with Gasteiger partial charge in [-0.1, -0.05) is 24.3 Å². The van der Waals surface area contributed by atoms with Crippen molar-refractivity contribution in [2.75, 3.05) is 12.8 Å². The molecule has 0 atom stereocenters. The van der Waals surface area contributed by atoms with Crippen molar-refractivity contribution in [2.24, 2.45) is 11.1 Å². The molecule has 1 amide bonds. The van der Waals surface area contributed by atoms with E-state index in [-0.39, 0.29) is 18.9 Å². The number of aromatic nitrogens is 6. The molecule has 1 aliphatic rings. The maximum atomic E-state index is 12.4. The van der Waals surface area contributed by atoms with Gasteiger partial charge in [-0.3, -0.25) is 14.6 Å². The van der Waals surface area contributed by atoms with E-state index in [0.29, 0.717) is 35.4 Å². The minimum atomic E-state index is -1.33. The van der Waals surface area contributed by atoms with Crippen molar-refractivity contribution in [3.05, 3.63) is 61.1 Å². The number of carbonyl (C=O) groups excluding carboxylic acids is 2. The molecule has 11 heteroatoms. The lowest BCUT2D eigenvalue weighted by Gasteiger charge is -2.35. The number of fused-ring (bicyclic) bond motifs is 2. The number of ether oxygens (including phenoxy) is 1. The standard InChI is InChI=1S/C28H26N8O3/c1-39-27(38)28(26(30)37)11-9-18(10-12-28)36-25-22(24(29)32-15-33-25)23(35-36)17-6-5-16-7-8-20(34-21(16)14-17)19-4-2-3-13-31-19/h2-8,13-15,18H,9-12H2,1H3,(H2,30,37)(H2,29,32,33). The summed E-state index contributed by atoms with van der Waals surface area (Å²) in [5.74, 6) is -0.952. The third-order valence-electron chi connectivity index (χ3n) is 7.61. The van der Waals surface area contributed by atoms with E-state index in [1.54, 1.807) is 6.20 Å². The molecule has 0 saturated heterocycles. The summed E-state index contributed by atoms with van der Waals surface area (Å²) < 4.78 is 6.73. The van der Waals surface area contributed by atoms with Crippen LogP contribution in [0.5, 0.6) is 0 Å². The van der Waals surface area contributed by atoms with Gasteiger partial charge in [-0.15, -0.1) is 0 Å². The second-order valence-electron chi connectivity index (χ2n) is 9.74. The number of primary amides is 1. The number of anilines is 1. The van der Waals surface area contributed by atoms with Crippen LogP contribution in [0.1, 0.15) is 31.7 Å². The van der Waals surface area contributed by atoms with Crippen molar-refractivity contribution in [3.8, 4) is 22.6 Å². The van der Waals surface area contributed by atoms with Gasteiger partial charge >= 0.3 is 5.97 Å². The van der Waals surface area contributed by atoms with Crippen molar-refractivity contribution in [3.63, 3.8) is 0 Å². The fourth-order valence-electron chi connectivity index (χ4n) is 5.46. The Morgan fingerprint density at radius 2 is 1.82 bits per heavy atom. The van der Waals surface area contributed by atoms with Gasteiger partial charge in [0.25, 0.3) is 0 Å². The molecule has 4 N–H and O–H groups in total. The first-order valence-corrected chi connectivity index (χ1v) is 12.6. The van der Waals surface area contributed by atoms with E-state index in [1.165, 1.54) is 13.4 Å². The molecule has 0 bridgehead atoms. The van der Waals surface area contributed by atoms with E-state index >= 15 is 0 Å². The van der Waals surface area contributed by atoms with Crippen LogP contribution in [0.3, 0.4) is 0 Å². The fourth-order valence-corrected chi connectivity index (χ4v) is 5.46. The molecule has 11 nitrogen and oxygen atoms in total. The highest BCUT2D eigenvalue weighted by Gasteiger charge is 2.48. The highest BCUT2D eigenvalue weighted by atomic mass is 16.5. The van der Waals surface area contributed by atoms with Crippen molar-refractivity contribution >= 4 is 39.6 Å². The molecule has 39 heavy (non-hydrogen) atoms. The second kappa shape index (κ2) is 9.43. The van der Waals surface area contributed by atoms with Crippen molar-refractivity contribution in [1.82, 2.24) is 29.7 Å². The molecule has 5 aromatic rings. The number of nitrogens with zero attached hydrogens (tertiary/aromatic N) is 6. The van der Waals surface area contributed by atoms with E-state index < -0.39 is 17.3 Å². The van der Waals surface area contributed by atoms with Gasteiger partial charge in [0.1, 0.15) is 23.3 Å². The van der Waals surface area contributed by atoms with Gasteiger partial charge in [0, 0.05) is 17.1 Å². The molecule has 0 aliphatic heterocycles. The maximum absolute atomic E-state index is 12.4. The topological polar surface area (TPSA) is 165 Å². The number of hydrogen-bond donors (Lipinski definition) is 2. The molecule has 4 heterocycles. The maximum Gasteiger partial charge on any atom is 0.321 e. The molecular formula is C28H26N8O3. The van der Waals surface area contributed by atoms with E-state index in [4.69, 9.17) is 26.3 Å². The Labute approximate surface area is 223 Å².